The molecule has 5 nitrogen and oxygen atoms in total. The molecule has 3 rings (SSSR count). The number of amides is 1. The number of carbonyl (C=O) groups excluding carboxylic acids is 1. The summed E-state index contributed by atoms with van der Waals surface area (Å²) in [4.78, 5) is 17.6. The van der Waals surface area contributed by atoms with Crippen LogP contribution in [0.15, 0.2) is 54.7 Å². The third-order valence-electron chi connectivity index (χ3n) is 3.72. The minimum absolute atomic E-state index is 0.289. The van der Waals surface area contributed by atoms with Gasteiger partial charge in [0.1, 0.15) is 5.75 Å². The zero-order valence-corrected chi connectivity index (χ0v) is 16.1. The Bertz CT molecular complexity index is 979. The second-order valence-corrected chi connectivity index (χ2v) is 7.38. The maximum Gasteiger partial charge on any atom is 0.266 e. The molecule has 136 valence electrons. The molecule has 7 heteroatoms. The molecule has 1 N–H and O–H groups in total. The SMILES string of the molecule is CC(Oc1ccc(C#N)cc1)C(=O)Nc1ncc(Cc2cccc(Cl)c2)s1. The predicted molar refractivity (Wildman–Crippen MR) is 106 cm³/mol. The van der Waals surface area contributed by atoms with Gasteiger partial charge in [-0.1, -0.05) is 23.7 Å². The number of nitrogens with zero attached hydrogens (tertiary/aromatic N) is 2. The topological polar surface area (TPSA) is 75.0 Å². The van der Waals surface area contributed by atoms with E-state index in [0.717, 1.165) is 10.4 Å². The first-order chi connectivity index (χ1) is 13.0. The van der Waals surface area contributed by atoms with Crippen molar-refractivity contribution in [1.29, 1.82) is 5.26 Å². The largest absolute Gasteiger partial charge is 0.481 e. The lowest BCUT2D eigenvalue weighted by Gasteiger charge is -2.13. The van der Waals surface area contributed by atoms with E-state index in [2.05, 4.69) is 10.3 Å². The highest BCUT2D eigenvalue weighted by Gasteiger charge is 2.16. The van der Waals surface area contributed by atoms with E-state index in [9.17, 15) is 4.79 Å². The summed E-state index contributed by atoms with van der Waals surface area (Å²) in [6.45, 7) is 1.66. The maximum absolute atomic E-state index is 12.3. The van der Waals surface area contributed by atoms with Crippen LogP contribution in [0, 0.1) is 11.3 Å². The Labute approximate surface area is 166 Å². The summed E-state index contributed by atoms with van der Waals surface area (Å²) in [5, 5.41) is 12.8. The summed E-state index contributed by atoms with van der Waals surface area (Å²) in [6.07, 6.45) is 1.75. The Morgan fingerprint density at radius 3 is 2.81 bits per heavy atom. The summed E-state index contributed by atoms with van der Waals surface area (Å²) in [5.74, 6) is 0.237. The summed E-state index contributed by atoms with van der Waals surface area (Å²) < 4.78 is 5.60. The van der Waals surface area contributed by atoms with Crippen molar-refractivity contribution in [2.45, 2.75) is 19.4 Å². The molecule has 2 aromatic carbocycles. The van der Waals surface area contributed by atoms with Crippen molar-refractivity contribution >= 4 is 34.0 Å². The molecule has 0 aliphatic carbocycles. The summed E-state index contributed by atoms with van der Waals surface area (Å²) in [6, 6.07) is 16.3. The van der Waals surface area contributed by atoms with Gasteiger partial charge in [0.05, 0.1) is 11.6 Å². The van der Waals surface area contributed by atoms with Crippen molar-refractivity contribution in [3.8, 4) is 11.8 Å². The monoisotopic (exact) mass is 397 g/mol. The number of hydrogen-bond acceptors (Lipinski definition) is 5. The zero-order chi connectivity index (χ0) is 19.2. The fraction of sp³-hybridized carbons (Fsp3) is 0.150. The van der Waals surface area contributed by atoms with Gasteiger partial charge in [0, 0.05) is 22.5 Å². The number of thiazole rings is 1. The Morgan fingerprint density at radius 1 is 1.33 bits per heavy atom. The molecule has 0 aliphatic rings. The van der Waals surface area contributed by atoms with E-state index < -0.39 is 6.10 Å². The minimum atomic E-state index is -0.696. The zero-order valence-electron chi connectivity index (χ0n) is 14.5. The molecule has 1 heterocycles. The second kappa shape index (κ2) is 8.67. The van der Waals surface area contributed by atoms with Crippen molar-refractivity contribution < 1.29 is 9.53 Å². The fourth-order valence-corrected chi connectivity index (χ4v) is 3.43. The maximum atomic E-state index is 12.3. The Kier molecular flexibility index (Phi) is 6.07. The molecule has 0 spiro atoms. The molecule has 1 aromatic heterocycles. The van der Waals surface area contributed by atoms with Crippen molar-refractivity contribution in [3.05, 3.63) is 75.8 Å². The third-order valence-corrected chi connectivity index (χ3v) is 4.86. The molecular weight excluding hydrogens is 382 g/mol. The Hall–Kier alpha value is -2.88. The molecule has 1 unspecified atom stereocenters. The van der Waals surface area contributed by atoms with E-state index in [1.54, 1.807) is 37.4 Å². The molecule has 0 saturated carbocycles. The number of anilines is 1. The number of benzene rings is 2. The van der Waals surface area contributed by atoms with E-state index in [1.807, 2.05) is 30.3 Å². The highest BCUT2D eigenvalue weighted by atomic mass is 35.5. The van der Waals surface area contributed by atoms with Crippen LogP contribution in [-0.4, -0.2) is 17.0 Å². The van der Waals surface area contributed by atoms with Gasteiger partial charge in [-0.2, -0.15) is 5.26 Å². The quantitative estimate of drug-likeness (QED) is 0.656. The van der Waals surface area contributed by atoms with Crippen LogP contribution in [-0.2, 0) is 11.2 Å². The van der Waals surface area contributed by atoms with Gasteiger partial charge in [-0.3, -0.25) is 10.1 Å². The van der Waals surface area contributed by atoms with E-state index >= 15 is 0 Å². The lowest BCUT2D eigenvalue weighted by molar-refractivity contribution is -0.122. The molecular formula is C20H16ClN3O2S. The minimum Gasteiger partial charge on any atom is -0.481 e. The van der Waals surface area contributed by atoms with Crippen LogP contribution in [0.3, 0.4) is 0 Å². The van der Waals surface area contributed by atoms with Crippen LogP contribution in [0.1, 0.15) is 22.9 Å². The number of ether oxygens (including phenoxy) is 1. The van der Waals surface area contributed by atoms with Crippen LogP contribution in [0.25, 0.3) is 0 Å². The molecule has 1 atom stereocenters. The van der Waals surface area contributed by atoms with Crippen LogP contribution >= 0.6 is 22.9 Å². The smallest absolute Gasteiger partial charge is 0.266 e. The molecule has 3 aromatic rings. The van der Waals surface area contributed by atoms with E-state index in [-0.39, 0.29) is 5.91 Å². The van der Waals surface area contributed by atoms with Crippen molar-refractivity contribution in [3.63, 3.8) is 0 Å². The summed E-state index contributed by atoms with van der Waals surface area (Å²) >= 11 is 7.42. The molecule has 0 bridgehead atoms. The van der Waals surface area contributed by atoms with Gasteiger partial charge < -0.3 is 4.74 Å². The van der Waals surface area contributed by atoms with Crippen molar-refractivity contribution in [2.75, 3.05) is 5.32 Å². The number of halogens is 1. The van der Waals surface area contributed by atoms with Gasteiger partial charge in [-0.25, -0.2) is 4.98 Å². The number of nitrogens with one attached hydrogen (secondary N) is 1. The number of carbonyl (C=O) groups is 1. The standard InChI is InChI=1S/C20H16ClN3O2S/c1-13(26-17-7-5-14(11-22)6-8-17)19(25)24-20-23-12-18(27-20)10-15-3-2-4-16(21)9-15/h2-9,12-13H,10H2,1H3,(H,23,24,25). The number of rotatable bonds is 6. The summed E-state index contributed by atoms with van der Waals surface area (Å²) in [5.41, 5.74) is 1.62. The number of nitriles is 1. The van der Waals surface area contributed by atoms with Gasteiger partial charge in [0.25, 0.3) is 5.91 Å². The van der Waals surface area contributed by atoms with E-state index in [1.165, 1.54) is 11.3 Å². The van der Waals surface area contributed by atoms with E-state index in [4.69, 9.17) is 21.6 Å². The van der Waals surface area contributed by atoms with E-state index in [0.29, 0.717) is 27.9 Å². The summed E-state index contributed by atoms with van der Waals surface area (Å²) in [7, 11) is 0. The molecule has 0 saturated heterocycles. The highest BCUT2D eigenvalue weighted by molar-refractivity contribution is 7.15. The average Bonchev–Trinajstić information content (AvgIpc) is 3.09. The van der Waals surface area contributed by atoms with Gasteiger partial charge in [0.15, 0.2) is 11.2 Å². The van der Waals surface area contributed by atoms with Crippen LogP contribution < -0.4 is 10.1 Å². The molecule has 0 aliphatic heterocycles. The first-order valence-electron chi connectivity index (χ1n) is 8.20. The van der Waals surface area contributed by atoms with Crippen molar-refractivity contribution in [2.24, 2.45) is 0 Å². The second-order valence-electron chi connectivity index (χ2n) is 5.82. The number of aromatic nitrogens is 1. The van der Waals surface area contributed by atoms with Crippen LogP contribution in [0.4, 0.5) is 5.13 Å². The van der Waals surface area contributed by atoms with Crippen LogP contribution in [0.5, 0.6) is 5.75 Å². The van der Waals surface area contributed by atoms with Gasteiger partial charge >= 0.3 is 0 Å². The lowest BCUT2D eigenvalue weighted by atomic mass is 10.1. The first kappa shape index (κ1) is 18.9. The fourth-order valence-electron chi connectivity index (χ4n) is 2.37. The molecule has 0 fully saturated rings. The number of hydrogen-bond donors (Lipinski definition) is 1. The van der Waals surface area contributed by atoms with Crippen molar-refractivity contribution in [1.82, 2.24) is 4.98 Å². The van der Waals surface area contributed by atoms with Crippen LogP contribution in [0.2, 0.25) is 5.02 Å². The predicted octanol–water partition coefficient (Wildman–Crippen LogP) is 4.66. The Balaban J connectivity index is 1.57. The van der Waals surface area contributed by atoms with Gasteiger partial charge in [-0.15, -0.1) is 11.3 Å². The highest BCUT2D eigenvalue weighted by Crippen LogP contribution is 2.23. The van der Waals surface area contributed by atoms with Gasteiger partial charge in [0.2, 0.25) is 0 Å². The first-order valence-corrected chi connectivity index (χ1v) is 9.40. The molecule has 0 radical (unpaired) electrons. The third kappa shape index (κ3) is 5.30. The lowest BCUT2D eigenvalue weighted by Crippen LogP contribution is -2.30. The molecule has 27 heavy (non-hydrogen) atoms. The van der Waals surface area contributed by atoms with Gasteiger partial charge in [-0.05, 0) is 48.9 Å². The Morgan fingerprint density at radius 2 is 2.11 bits per heavy atom. The average molecular weight is 398 g/mol. The molecule has 1 amide bonds. The normalized spacial score (nSPS) is 11.4.